The van der Waals surface area contributed by atoms with E-state index in [1.807, 2.05) is 73.3 Å². The predicted molar refractivity (Wildman–Crippen MR) is 138 cm³/mol. The van der Waals surface area contributed by atoms with Crippen molar-refractivity contribution in [3.63, 3.8) is 0 Å². The fraction of sp³-hybridized carbons (Fsp3) is 0.357. The molecule has 6 heteroatoms. The zero-order chi connectivity index (χ0) is 24.3. The van der Waals surface area contributed by atoms with Crippen LogP contribution < -0.4 is 0 Å². The smallest absolute Gasteiger partial charge is 0.254 e. The van der Waals surface area contributed by atoms with Gasteiger partial charge in [-0.3, -0.25) is 9.59 Å². The lowest BCUT2D eigenvalue weighted by atomic mass is 10.1. The first-order chi connectivity index (χ1) is 16.5. The number of aryl methyl sites for hydroxylation is 2. The van der Waals surface area contributed by atoms with E-state index in [4.69, 9.17) is 4.74 Å². The van der Waals surface area contributed by atoms with Gasteiger partial charge in [-0.25, -0.2) is 0 Å². The maximum Gasteiger partial charge on any atom is 0.254 e. The molecule has 0 aliphatic heterocycles. The molecule has 1 heterocycles. The number of hydrogen-bond donors (Lipinski definition) is 0. The lowest BCUT2D eigenvalue weighted by molar-refractivity contribution is -0.133. The third kappa shape index (κ3) is 7.27. The first kappa shape index (κ1) is 25.7. The number of thiophene rings is 1. The van der Waals surface area contributed by atoms with Crippen LogP contribution in [-0.4, -0.2) is 47.9 Å². The Kier molecular flexibility index (Phi) is 9.86. The van der Waals surface area contributed by atoms with E-state index in [9.17, 15) is 9.59 Å². The van der Waals surface area contributed by atoms with Gasteiger partial charge in [0.15, 0.2) is 0 Å². The van der Waals surface area contributed by atoms with Crippen molar-refractivity contribution in [2.45, 2.75) is 40.3 Å². The first-order valence-corrected chi connectivity index (χ1v) is 12.6. The lowest BCUT2D eigenvalue weighted by Gasteiger charge is -2.28. The second-order valence-electron chi connectivity index (χ2n) is 8.35. The molecule has 5 nitrogen and oxygen atoms in total. The Labute approximate surface area is 207 Å². The van der Waals surface area contributed by atoms with Crippen molar-refractivity contribution in [2.24, 2.45) is 0 Å². The van der Waals surface area contributed by atoms with Crippen LogP contribution in [0.5, 0.6) is 0 Å². The number of hydrogen-bond acceptors (Lipinski definition) is 4. The molecule has 0 saturated heterocycles. The fourth-order valence-electron chi connectivity index (χ4n) is 3.78. The van der Waals surface area contributed by atoms with Gasteiger partial charge < -0.3 is 14.5 Å². The number of benzene rings is 2. The van der Waals surface area contributed by atoms with Gasteiger partial charge in [-0.2, -0.15) is 0 Å². The summed E-state index contributed by atoms with van der Waals surface area (Å²) < 4.78 is 5.48. The zero-order valence-electron chi connectivity index (χ0n) is 20.3. The molecule has 0 unspecified atom stereocenters. The van der Waals surface area contributed by atoms with Crippen molar-refractivity contribution in [2.75, 3.05) is 26.3 Å². The second kappa shape index (κ2) is 13.1. The summed E-state index contributed by atoms with van der Waals surface area (Å²) in [4.78, 5) is 31.7. The van der Waals surface area contributed by atoms with Crippen LogP contribution in [0.4, 0.5) is 0 Å². The molecule has 34 heavy (non-hydrogen) atoms. The van der Waals surface area contributed by atoms with Crippen molar-refractivity contribution in [3.05, 3.63) is 93.2 Å². The van der Waals surface area contributed by atoms with Gasteiger partial charge in [-0.1, -0.05) is 48.5 Å². The van der Waals surface area contributed by atoms with Crippen LogP contribution >= 0.6 is 11.3 Å². The van der Waals surface area contributed by atoms with Crippen molar-refractivity contribution >= 4 is 23.2 Å². The second-order valence-corrected chi connectivity index (χ2v) is 9.35. The van der Waals surface area contributed by atoms with Gasteiger partial charge in [-0.05, 0) is 61.4 Å². The SMILES string of the molecule is CCOCCCN(CC(=O)N(Cc1ccccc1)Cc1sccc1C)C(=O)c1ccccc1C. The maximum atomic E-state index is 13.6. The molecule has 0 fully saturated rings. The van der Waals surface area contributed by atoms with Crippen molar-refractivity contribution < 1.29 is 14.3 Å². The minimum Gasteiger partial charge on any atom is -0.382 e. The average Bonchev–Trinajstić information content (AvgIpc) is 3.25. The number of carbonyl (C=O) groups is 2. The van der Waals surface area contributed by atoms with Gasteiger partial charge in [0.25, 0.3) is 5.91 Å². The van der Waals surface area contributed by atoms with E-state index >= 15 is 0 Å². The normalized spacial score (nSPS) is 10.8. The highest BCUT2D eigenvalue weighted by Crippen LogP contribution is 2.20. The molecular formula is C28H34N2O3S. The Morgan fingerprint density at radius 1 is 0.882 bits per heavy atom. The minimum absolute atomic E-state index is 0.0382. The Bertz CT molecular complexity index is 1060. The summed E-state index contributed by atoms with van der Waals surface area (Å²) >= 11 is 1.66. The van der Waals surface area contributed by atoms with Gasteiger partial charge >= 0.3 is 0 Å². The Hall–Kier alpha value is -2.96. The monoisotopic (exact) mass is 478 g/mol. The number of ether oxygens (including phenoxy) is 1. The zero-order valence-corrected chi connectivity index (χ0v) is 21.1. The van der Waals surface area contributed by atoms with Gasteiger partial charge in [0, 0.05) is 36.7 Å². The Morgan fingerprint density at radius 2 is 1.62 bits per heavy atom. The van der Waals surface area contributed by atoms with Crippen LogP contribution in [0.15, 0.2) is 66.0 Å². The number of amides is 2. The molecule has 0 radical (unpaired) electrons. The van der Waals surface area contributed by atoms with Crippen molar-refractivity contribution in [3.8, 4) is 0 Å². The summed E-state index contributed by atoms with van der Waals surface area (Å²) in [5.41, 5.74) is 3.79. The minimum atomic E-state index is -0.116. The van der Waals surface area contributed by atoms with E-state index in [2.05, 4.69) is 18.4 Å². The molecule has 3 rings (SSSR count). The quantitative estimate of drug-likeness (QED) is 0.325. The fourth-order valence-corrected chi connectivity index (χ4v) is 4.70. The summed E-state index contributed by atoms with van der Waals surface area (Å²) in [6.07, 6.45) is 0.682. The molecule has 0 aliphatic carbocycles. The first-order valence-electron chi connectivity index (χ1n) is 11.8. The molecule has 0 bridgehead atoms. The van der Waals surface area contributed by atoms with E-state index in [0.29, 0.717) is 44.8 Å². The highest BCUT2D eigenvalue weighted by Gasteiger charge is 2.24. The van der Waals surface area contributed by atoms with Crippen LogP contribution in [0.1, 0.15) is 45.3 Å². The topological polar surface area (TPSA) is 49.9 Å². The third-order valence-electron chi connectivity index (χ3n) is 5.78. The van der Waals surface area contributed by atoms with Gasteiger partial charge in [0.2, 0.25) is 5.91 Å². The summed E-state index contributed by atoms with van der Waals surface area (Å²) in [6.45, 7) is 8.68. The van der Waals surface area contributed by atoms with Crippen LogP contribution in [0.25, 0.3) is 0 Å². The maximum absolute atomic E-state index is 13.6. The Morgan fingerprint density at radius 3 is 2.29 bits per heavy atom. The molecule has 0 spiro atoms. The van der Waals surface area contributed by atoms with Crippen LogP contribution in [-0.2, 0) is 22.6 Å². The van der Waals surface area contributed by atoms with Crippen LogP contribution in [0.2, 0.25) is 0 Å². The molecule has 180 valence electrons. The van der Waals surface area contributed by atoms with Gasteiger partial charge in [0.05, 0.1) is 6.54 Å². The standard InChI is InChI=1S/C28H34N2O3S/c1-4-33-17-10-16-29(28(32)25-14-9-8-11-22(25)2)21-27(31)30(19-24-12-6-5-7-13-24)20-26-23(3)15-18-34-26/h5-9,11-15,18H,4,10,16-17,19-21H2,1-3H3. The summed E-state index contributed by atoms with van der Waals surface area (Å²) in [5.74, 6) is -0.176. The van der Waals surface area contributed by atoms with E-state index in [0.717, 1.165) is 16.0 Å². The van der Waals surface area contributed by atoms with Crippen LogP contribution in [0, 0.1) is 13.8 Å². The molecule has 2 amide bonds. The van der Waals surface area contributed by atoms with Gasteiger partial charge in [0.1, 0.15) is 6.54 Å². The van der Waals surface area contributed by atoms with E-state index in [-0.39, 0.29) is 18.4 Å². The molecule has 0 saturated carbocycles. The molecular weight excluding hydrogens is 444 g/mol. The molecule has 3 aromatic rings. The molecule has 0 aliphatic rings. The van der Waals surface area contributed by atoms with Crippen LogP contribution in [0.3, 0.4) is 0 Å². The summed E-state index contributed by atoms with van der Waals surface area (Å²) in [5, 5.41) is 2.05. The predicted octanol–water partition coefficient (Wildman–Crippen LogP) is 5.46. The Balaban J connectivity index is 1.81. The lowest BCUT2D eigenvalue weighted by Crippen LogP contribution is -2.43. The molecule has 0 N–H and O–H groups in total. The van der Waals surface area contributed by atoms with Crippen molar-refractivity contribution in [1.82, 2.24) is 9.80 Å². The number of nitrogens with zero attached hydrogens (tertiary/aromatic N) is 2. The van der Waals surface area contributed by atoms with E-state index in [1.165, 1.54) is 5.56 Å². The molecule has 1 aromatic heterocycles. The average molecular weight is 479 g/mol. The highest BCUT2D eigenvalue weighted by molar-refractivity contribution is 7.10. The number of carbonyl (C=O) groups excluding carboxylic acids is 2. The third-order valence-corrected chi connectivity index (χ3v) is 6.79. The molecule has 2 aromatic carbocycles. The largest absolute Gasteiger partial charge is 0.382 e. The van der Waals surface area contributed by atoms with Crippen molar-refractivity contribution in [1.29, 1.82) is 0 Å². The molecule has 0 atom stereocenters. The summed E-state index contributed by atoms with van der Waals surface area (Å²) in [6, 6.07) is 19.6. The van der Waals surface area contributed by atoms with Gasteiger partial charge in [-0.15, -0.1) is 11.3 Å². The van der Waals surface area contributed by atoms with E-state index < -0.39 is 0 Å². The number of rotatable bonds is 12. The summed E-state index contributed by atoms with van der Waals surface area (Å²) in [7, 11) is 0. The van der Waals surface area contributed by atoms with E-state index in [1.54, 1.807) is 16.2 Å². The highest BCUT2D eigenvalue weighted by atomic mass is 32.1.